The lowest BCUT2D eigenvalue weighted by Gasteiger charge is -2.21. The predicted octanol–water partition coefficient (Wildman–Crippen LogP) is 3.43. The highest BCUT2D eigenvalue weighted by molar-refractivity contribution is 6.02. The molecule has 2 heteroatoms. The molecule has 1 aliphatic rings. The minimum absolute atomic E-state index is 0.116. The van der Waals surface area contributed by atoms with E-state index in [9.17, 15) is 9.90 Å². The lowest BCUT2D eigenvalue weighted by molar-refractivity contribution is 0.0488. The molecule has 0 aliphatic heterocycles. The van der Waals surface area contributed by atoms with Crippen molar-refractivity contribution in [1.29, 1.82) is 0 Å². The van der Waals surface area contributed by atoms with E-state index in [2.05, 4.69) is 20.8 Å². The molecule has 1 aliphatic carbocycles. The molecule has 1 aromatic carbocycles. The van der Waals surface area contributed by atoms with Gasteiger partial charge in [-0.1, -0.05) is 32.9 Å². The highest BCUT2D eigenvalue weighted by atomic mass is 16.3. The van der Waals surface area contributed by atoms with Gasteiger partial charge in [-0.15, -0.1) is 0 Å². The van der Waals surface area contributed by atoms with E-state index in [1.54, 1.807) is 0 Å². The lowest BCUT2D eigenvalue weighted by Crippen LogP contribution is -2.31. The zero-order valence-electron chi connectivity index (χ0n) is 11.9. The second-order valence-electron chi connectivity index (χ2n) is 6.68. The first-order valence-corrected chi connectivity index (χ1v) is 6.54. The molecule has 0 aromatic heterocycles. The Kier molecular flexibility index (Phi) is 2.90. The molecule has 0 radical (unpaired) electrons. The second kappa shape index (κ2) is 3.92. The average molecular weight is 246 g/mol. The van der Waals surface area contributed by atoms with E-state index >= 15 is 0 Å². The highest BCUT2D eigenvalue weighted by Gasteiger charge is 2.35. The van der Waals surface area contributed by atoms with Gasteiger partial charge in [0.25, 0.3) is 0 Å². The summed E-state index contributed by atoms with van der Waals surface area (Å²) in [6, 6.07) is 5.86. The molecule has 2 rings (SSSR count). The average Bonchev–Trinajstić information content (AvgIpc) is 2.47. The van der Waals surface area contributed by atoms with Gasteiger partial charge in [-0.2, -0.15) is 0 Å². The monoisotopic (exact) mass is 246 g/mol. The minimum atomic E-state index is -1.30. The van der Waals surface area contributed by atoms with Crippen LogP contribution >= 0.6 is 0 Å². The van der Waals surface area contributed by atoms with Crippen LogP contribution in [0.3, 0.4) is 0 Å². The van der Waals surface area contributed by atoms with E-state index < -0.39 is 5.60 Å². The number of hydrogen-bond acceptors (Lipinski definition) is 2. The van der Waals surface area contributed by atoms with Crippen molar-refractivity contribution in [2.45, 2.75) is 58.0 Å². The third-order valence-corrected chi connectivity index (χ3v) is 3.95. The summed E-state index contributed by atoms with van der Waals surface area (Å²) in [5.74, 6) is 0.335. The number of carbonyl (C=O) groups is 1. The largest absolute Gasteiger partial charge is 0.382 e. The van der Waals surface area contributed by atoms with Crippen molar-refractivity contribution in [2.24, 2.45) is 0 Å². The number of fused-ring (bicyclic) bond motifs is 1. The van der Waals surface area contributed by atoms with E-state index in [-0.39, 0.29) is 11.2 Å². The first kappa shape index (κ1) is 13.3. The number of hydrogen-bond donors (Lipinski definition) is 1. The van der Waals surface area contributed by atoms with Crippen molar-refractivity contribution >= 4 is 5.78 Å². The first-order chi connectivity index (χ1) is 8.13. The number of benzene rings is 1. The fourth-order valence-corrected chi connectivity index (χ4v) is 3.05. The van der Waals surface area contributed by atoms with Crippen LogP contribution in [-0.4, -0.2) is 16.5 Å². The van der Waals surface area contributed by atoms with Gasteiger partial charge >= 0.3 is 0 Å². The third-order valence-electron chi connectivity index (χ3n) is 3.95. The first-order valence-electron chi connectivity index (χ1n) is 6.54. The Labute approximate surface area is 109 Å². The van der Waals surface area contributed by atoms with Gasteiger partial charge in [0.2, 0.25) is 0 Å². The molecule has 0 amide bonds. The van der Waals surface area contributed by atoms with Crippen molar-refractivity contribution in [3.05, 3.63) is 34.9 Å². The summed E-state index contributed by atoms with van der Waals surface area (Å²) < 4.78 is 0. The Bertz CT molecular complexity index is 492. The highest BCUT2D eigenvalue weighted by Crippen LogP contribution is 2.45. The van der Waals surface area contributed by atoms with Gasteiger partial charge in [-0.3, -0.25) is 4.79 Å². The van der Waals surface area contributed by atoms with E-state index in [0.717, 1.165) is 6.42 Å². The number of ketones is 1. The van der Waals surface area contributed by atoms with Crippen LogP contribution in [0.1, 0.15) is 68.4 Å². The Morgan fingerprint density at radius 3 is 2.56 bits per heavy atom. The summed E-state index contributed by atoms with van der Waals surface area (Å²) in [6.45, 7) is 9.74. The van der Waals surface area contributed by atoms with Crippen molar-refractivity contribution in [2.75, 3.05) is 0 Å². The number of aliphatic hydroxyl groups is 1. The predicted molar refractivity (Wildman–Crippen MR) is 73.1 cm³/mol. The fraction of sp³-hybridized carbons (Fsp3) is 0.562. The van der Waals surface area contributed by atoms with Gasteiger partial charge in [0.05, 0.1) is 0 Å². The van der Waals surface area contributed by atoms with Crippen LogP contribution in [0, 0.1) is 0 Å². The molecular formula is C16H22O2. The summed E-state index contributed by atoms with van der Waals surface area (Å²) in [4.78, 5) is 12.1. The molecule has 18 heavy (non-hydrogen) atoms. The Hall–Kier alpha value is -1.15. The van der Waals surface area contributed by atoms with E-state index in [1.807, 2.05) is 18.2 Å². The van der Waals surface area contributed by atoms with Crippen LogP contribution in [0.15, 0.2) is 18.2 Å². The summed E-state index contributed by atoms with van der Waals surface area (Å²) in [5.41, 5.74) is 2.02. The zero-order chi connectivity index (χ0) is 13.7. The smallest absolute Gasteiger partial charge is 0.193 e. The maximum atomic E-state index is 12.1. The van der Waals surface area contributed by atoms with Crippen LogP contribution in [0.5, 0.6) is 0 Å². The van der Waals surface area contributed by atoms with Crippen molar-refractivity contribution in [3.8, 4) is 0 Å². The summed E-state index contributed by atoms with van der Waals surface area (Å²) in [5, 5.41) is 9.82. The zero-order valence-corrected chi connectivity index (χ0v) is 11.9. The van der Waals surface area contributed by atoms with Gasteiger partial charge in [0.1, 0.15) is 5.60 Å². The second-order valence-corrected chi connectivity index (χ2v) is 6.68. The third kappa shape index (κ3) is 2.10. The Morgan fingerprint density at radius 2 is 2.00 bits per heavy atom. The molecule has 0 fully saturated rings. The normalized spacial score (nSPS) is 21.8. The van der Waals surface area contributed by atoms with Crippen molar-refractivity contribution < 1.29 is 9.90 Å². The minimum Gasteiger partial charge on any atom is -0.382 e. The molecule has 0 saturated heterocycles. The van der Waals surface area contributed by atoms with E-state index in [0.29, 0.717) is 11.5 Å². The van der Waals surface area contributed by atoms with Crippen LogP contribution < -0.4 is 0 Å². The molecule has 2 nitrogen and oxygen atoms in total. The molecule has 1 unspecified atom stereocenters. The van der Waals surface area contributed by atoms with Crippen molar-refractivity contribution in [3.63, 3.8) is 0 Å². The quantitative estimate of drug-likeness (QED) is 0.812. The van der Waals surface area contributed by atoms with Gasteiger partial charge in [-0.25, -0.2) is 0 Å². The van der Waals surface area contributed by atoms with Gasteiger partial charge in [0, 0.05) is 5.56 Å². The summed E-state index contributed by atoms with van der Waals surface area (Å²) in [7, 11) is 0. The van der Waals surface area contributed by atoms with Crippen LogP contribution in [0.25, 0.3) is 0 Å². The Balaban J connectivity index is 2.49. The molecule has 1 N–H and O–H groups in total. The van der Waals surface area contributed by atoms with Crippen molar-refractivity contribution in [1.82, 2.24) is 0 Å². The number of rotatable bonds is 2. The number of Topliss-reactive ketones (excluding diaryl/α,β-unsaturated/α-hetero) is 1. The molecule has 1 aromatic rings. The number of carbonyl (C=O) groups excluding carboxylic acids is 1. The van der Waals surface area contributed by atoms with Crippen LogP contribution in [-0.2, 0) is 5.41 Å². The van der Waals surface area contributed by atoms with Crippen LogP contribution in [0.2, 0.25) is 0 Å². The van der Waals surface area contributed by atoms with E-state index in [4.69, 9.17) is 0 Å². The van der Waals surface area contributed by atoms with Gasteiger partial charge in [-0.05, 0) is 48.8 Å². The molecule has 98 valence electrons. The lowest BCUT2D eigenvalue weighted by atomic mass is 9.84. The standard InChI is InChI=1S/C16H22O2/c1-10-9-15(2,3)13-8-11(6-7-12(10)13)14(17)16(4,5)18/h6-8,10,18H,9H2,1-5H3. The molecule has 0 spiro atoms. The van der Waals surface area contributed by atoms with Crippen LogP contribution in [0.4, 0.5) is 0 Å². The summed E-state index contributed by atoms with van der Waals surface area (Å²) in [6.07, 6.45) is 1.11. The summed E-state index contributed by atoms with van der Waals surface area (Å²) >= 11 is 0. The molecule has 1 atom stereocenters. The van der Waals surface area contributed by atoms with E-state index in [1.165, 1.54) is 25.0 Å². The topological polar surface area (TPSA) is 37.3 Å². The van der Waals surface area contributed by atoms with Gasteiger partial charge < -0.3 is 5.11 Å². The Morgan fingerprint density at radius 1 is 1.39 bits per heavy atom. The SMILES string of the molecule is CC1CC(C)(C)c2cc(C(=O)C(C)(C)O)ccc21. The maximum absolute atomic E-state index is 12.1. The molecule has 0 heterocycles. The fourth-order valence-electron chi connectivity index (χ4n) is 3.05. The van der Waals surface area contributed by atoms with Gasteiger partial charge in [0.15, 0.2) is 5.78 Å². The maximum Gasteiger partial charge on any atom is 0.193 e. The molecule has 0 saturated carbocycles. The molecule has 0 bridgehead atoms. The molecular weight excluding hydrogens is 224 g/mol.